The lowest BCUT2D eigenvalue weighted by molar-refractivity contribution is -0.200. The van der Waals surface area contributed by atoms with Crippen molar-refractivity contribution in [2.24, 2.45) is 0 Å². The van der Waals surface area contributed by atoms with E-state index in [0.717, 1.165) is 41.9 Å². The number of rotatable bonds is 17. The summed E-state index contributed by atoms with van der Waals surface area (Å²) < 4.78 is 30.8. The van der Waals surface area contributed by atoms with Crippen molar-refractivity contribution in [3.63, 3.8) is 0 Å². The van der Waals surface area contributed by atoms with Gasteiger partial charge in [-0.25, -0.2) is 9.59 Å². The molecule has 0 aliphatic heterocycles. The summed E-state index contributed by atoms with van der Waals surface area (Å²) in [5, 5.41) is 4.77. The second kappa shape index (κ2) is 19.9. The number of carbonyl (C=O) groups is 8. The monoisotopic (exact) mass is 700 g/mol. The first-order valence-corrected chi connectivity index (χ1v) is 15.2. The molecule has 0 saturated heterocycles. The molecule has 0 spiro atoms. The number of carbonyl (C=O) groups excluding carboxylic acids is 8. The van der Waals surface area contributed by atoms with Crippen LogP contribution in [0.1, 0.15) is 38.8 Å². The normalized spacial score (nSPS) is 14.1. The summed E-state index contributed by atoms with van der Waals surface area (Å²) in [6, 6.07) is 14.2. The Hall–Kier alpha value is -5.80. The number of hydrogen-bond donors (Lipinski definition) is 2. The van der Waals surface area contributed by atoms with Crippen molar-refractivity contribution in [3.8, 4) is 0 Å². The Bertz CT molecular complexity index is 1400. The predicted octanol–water partition coefficient (Wildman–Crippen LogP) is 0.514. The van der Waals surface area contributed by atoms with Crippen molar-refractivity contribution in [1.29, 1.82) is 0 Å². The van der Waals surface area contributed by atoms with Gasteiger partial charge in [-0.05, 0) is 11.1 Å². The van der Waals surface area contributed by atoms with Gasteiger partial charge in [0.05, 0.1) is 14.2 Å². The molecule has 2 amide bonds. The SMILES string of the molecule is COC(=O)[C@H](Cc1ccccc1)NC(=O)[C@@H](OC(C)=O)[C@H](OC(C)=O)[C@H](OC(C)=O)[C@@H](OC(C)=O)C(=O)N[C@@H](Cc1ccccc1)C(=O)OC. The highest BCUT2D eigenvalue weighted by atomic mass is 16.6. The third-order valence-corrected chi connectivity index (χ3v) is 6.80. The number of methoxy groups -OCH3 is 2. The molecule has 2 aromatic rings. The zero-order valence-corrected chi connectivity index (χ0v) is 28.4. The summed E-state index contributed by atoms with van der Waals surface area (Å²) in [7, 11) is 2.16. The zero-order valence-electron chi connectivity index (χ0n) is 28.4. The van der Waals surface area contributed by atoms with Gasteiger partial charge in [-0.1, -0.05) is 60.7 Å². The van der Waals surface area contributed by atoms with Gasteiger partial charge in [0.15, 0.2) is 12.2 Å². The van der Waals surface area contributed by atoms with E-state index < -0.39 is 84.1 Å². The first-order valence-electron chi connectivity index (χ1n) is 15.2. The van der Waals surface area contributed by atoms with Crippen molar-refractivity contribution in [2.75, 3.05) is 14.2 Å². The molecule has 0 aliphatic rings. The Labute approximate surface area is 288 Å². The van der Waals surface area contributed by atoms with Crippen LogP contribution in [0.15, 0.2) is 60.7 Å². The van der Waals surface area contributed by atoms with Crippen LogP contribution < -0.4 is 10.6 Å². The summed E-state index contributed by atoms with van der Waals surface area (Å²) in [5.41, 5.74) is 1.20. The molecule has 2 N–H and O–H groups in total. The van der Waals surface area contributed by atoms with Gasteiger partial charge in [-0.2, -0.15) is 0 Å². The zero-order chi connectivity index (χ0) is 37.4. The maximum atomic E-state index is 13.8. The van der Waals surface area contributed by atoms with Gasteiger partial charge in [-0.3, -0.25) is 28.8 Å². The molecular weight excluding hydrogens is 660 g/mol. The summed E-state index contributed by atoms with van der Waals surface area (Å²) in [6.07, 6.45) is -8.95. The Morgan fingerprint density at radius 3 is 1.06 bits per heavy atom. The summed E-state index contributed by atoms with van der Waals surface area (Å²) in [4.78, 5) is 103. The van der Waals surface area contributed by atoms with Gasteiger partial charge in [0.25, 0.3) is 11.8 Å². The van der Waals surface area contributed by atoms with Crippen molar-refractivity contribution < 1.29 is 66.8 Å². The number of ether oxygens (including phenoxy) is 6. The molecule has 0 radical (unpaired) electrons. The van der Waals surface area contributed by atoms with Gasteiger partial charge < -0.3 is 39.1 Å². The summed E-state index contributed by atoms with van der Waals surface area (Å²) >= 11 is 0. The smallest absolute Gasteiger partial charge is 0.328 e. The maximum absolute atomic E-state index is 13.8. The minimum absolute atomic E-state index is 0.0908. The summed E-state index contributed by atoms with van der Waals surface area (Å²) in [5.74, 6) is -8.68. The molecule has 270 valence electrons. The molecule has 0 heterocycles. The van der Waals surface area contributed by atoms with Crippen molar-refractivity contribution in [2.45, 2.75) is 77.0 Å². The minimum atomic E-state index is -2.21. The lowest BCUT2D eigenvalue weighted by Gasteiger charge is -2.35. The predicted molar refractivity (Wildman–Crippen MR) is 170 cm³/mol. The van der Waals surface area contributed by atoms with Gasteiger partial charge in [-0.15, -0.1) is 0 Å². The lowest BCUT2D eigenvalue weighted by Crippen LogP contribution is -2.61. The van der Waals surface area contributed by atoms with E-state index in [1.807, 2.05) is 0 Å². The standard InChI is InChI=1S/C34H40N2O14/c1-19(37)47-27(29(49-21(3)39)31(41)35-25(33(43)45-5)17-23-13-9-7-10-14-23)28(48-20(2)38)30(50-22(4)40)32(42)36-26(34(44)46-6)18-24-15-11-8-12-16-24/h7-16,25-30H,17-18H2,1-6H3,(H,35,41)(H,36,42)/t25-,26-,27-,28+,29+,30-/m0/s1. The molecule has 0 aliphatic carbocycles. The second-order valence-corrected chi connectivity index (χ2v) is 10.8. The average molecular weight is 701 g/mol. The maximum Gasteiger partial charge on any atom is 0.328 e. The number of benzene rings is 2. The third-order valence-electron chi connectivity index (χ3n) is 6.80. The van der Waals surface area contributed by atoms with Crippen LogP contribution in [-0.2, 0) is 79.6 Å². The highest BCUT2D eigenvalue weighted by Crippen LogP contribution is 2.21. The highest BCUT2D eigenvalue weighted by Gasteiger charge is 2.50. The topological polar surface area (TPSA) is 216 Å². The Morgan fingerprint density at radius 2 is 0.800 bits per heavy atom. The van der Waals surface area contributed by atoms with Crippen molar-refractivity contribution >= 4 is 47.6 Å². The molecule has 0 fully saturated rings. The largest absolute Gasteiger partial charge is 0.467 e. The molecule has 0 saturated carbocycles. The van der Waals surface area contributed by atoms with E-state index in [9.17, 15) is 38.4 Å². The Balaban J connectivity index is 2.63. The van der Waals surface area contributed by atoms with Crippen molar-refractivity contribution in [1.82, 2.24) is 10.6 Å². The van der Waals surface area contributed by atoms with Crippen LogP contribution in [-0.4, -0.2) is 98.3 Å². The quantitative estimate of drug-likeness (QED) is 0.170. The number of hydrogen-bond acceptors (Lipinski definition) is 14. The number of nitrogens with one attached hydrogen (secondary N) is 2. The van der Waals surface area contributed by atoms with E-state index in [-0.39, 0.29) is 12.8 Å². The van der Waals surface area contributed by atoms with E-state index in [1.165, 1.54) is 0 Å². The molecule has 6 atom stereocenters. The van der Waals surface area contributed by atoms with Crippen LogP contribution in [0, 0.1) is 0 Å². The van der Waals surface area contributed by atoms with Crippen LogP contribution >= 0.6 is 0 Å². The van der Waals surface area contributed by atoms with Crippen LogP contribution in [0.5, 0.6) is 0 Å². The van der Waals surface area contributed by atoms with Crippen LogP contribution in [0.4, 0.5) is 0 Å². The number of esters is 6. The van der Waals surface area contributed by atoms with Gasteiger partial charge >= 0.3 is 35.8 Å². The average Bonchev–Trinajstić information content (AvgIpc) is 3.06. The first-order chi connectivity index (χ1) is 23.7. The molecular formula is C34H40N2O14. The number of amides is 2. The van der Waals surface area contributed by atoms with Gasteiger partial charge in [0.2, 0.25) is 12.2 Å². The van der Waals surface area contributed by atoms with Crippen LogP contribution in [0.25, 0.3) is 0 Å². The van der Waals surface area contributed by atoms with E-state index in [1.54, 1.807) is 60.7 Å². The summed E-state index contributed by atoms with van der Waals surface area (Å²) in [6.45, 7) is 3.63. The van der Waals surface area contributed by atoms with Gasteiger partial charge in [0, 0.05) is 40.5 Å². The molecule has 50 heavy (non-hydrogen) atoms. The van der Waals surface area contributed by atoms with E-state index >= 15 is 0 Å². The van der Waals surface area contributed by atoms with E-state index in [4.69, 9.17) is 28.4 Å². The fourth-order valence-corrected chi connectivity index (χ4v) is 4.76. The fourth-order valence-electron chi connectivity index (χ4n) is 4.76. The lowest BCUT2D eigenvalue weighted by atomic mass is 9.98. The Morgan fingerprint density at radius 1 is 0.500 bits per heavy atom. The molecule has 0 unspecified atom stereocenters. The van der Waals surface area contributed by atoms with E-state index in [2.05, 4.69) is 10.6 Å². The first kappa shape index (κ1) is 40.4. The third kappa shape index (κ3) is 13.0. The molecule has 0 bridgehead atoms. The molecule has 16 nitrogen and oxygen atoms in total. The van der Waals surface area contributed by atoms with E-state index in [0.29, 0.717) is 11.1 Å². The minimum Gasteiger partial charge on any atom is -0.467 e. The fraction of sp³-hybridized carbons (Fsp3) is 0.412. The van der Waals surface area contributed by atoms with Gasteiger partial charge in [0.1, 0.15) is 12.1 Å². The second-order valence-electron chi connectivity index (χ2n) is 10.8. The Kier molecular flexibility index (Phi) is 16.1. The molecule has 2 rings (SSSR count). The van der Waals surface area contributed by atoms with Crippen LogP contribution in [0.2, 0.25) is 0 Å². The van der Waals surface area contributed by atoms with Crippen LogP contribution in [0.3, 0.4) is 0 Å². The molecule has 2 aromatic carbocycles. The molecule has 0 aromatic heterocycles. The highest BCUT2D eigenvalue weighted by molar-refractivity contribution is 5.91. The van der Waals surface area contributed by atoms with Crippen molar-refractivity contribution in [3.05, 3.63) is 71.8 Å². The molecule has 16 heteroatoms.